The maximum absolute atomic E-state index is 12.5. The van der Waals surface area contributed by atoms with Crippen LogP contribution >= 0.6 is 11.3 Å². The molecule has 2 N–H and O–H groups in total. The van der Waals surface area contributed by atoms with Gasteiger partial charge in [-0.25, -0.2) is 0 Å². The Morgan fingerprint density at radius 2 is 2.00 bits per heavy atom. The van der Waals surface area contributed by atoms with Crippen LogP contribution in [-0.2, 0) is 6.54 Å². The van der Waals surface area contributed by atoms with E-state index >= 15 is 0 Å². The molecule has 2 aromatic heterocycles. The molecule has 0 aliphatic rings. The summed E-state index contributed by atoms with van der Waals surface area (Å²) in [6, 6.07) is 11.4. The number of nitrogens with two attached hydrogens (primary N) is 1. The molecule has 0 saturated carbocycles. The molecule has 0 aliphatic carbocycles. The lowest BCUT2D eigenvalue weighted by Crippen LogP contribution is -2.25. The fourth-order valence-corrected chi connectivity index (χ4v) is 3.23. The molecular formula is C16H15N3OS. The van der Waals surface area contributed by atoms with Crippen LogP contribution in [0.3, 0.4) is 0 Å². The highest BCUT2D eigenvalue weighted by Gasteiger charge is 2.15. The van der Waals surface area contributed by atoms with Crippen LogP contribution in [0.5, 0.6) is 0 Å². The van der Waals surface area contributed by atoms with Gasteiger partial charge in [-0.15, -0.1) is 11.3 Å². The number of hydrogen-bond acceptors (Lipinski definition) is 4. The highest BCUT2D eigenvalue weighted by molar-refractivity contribution is 7.20. The number of rotatable bonds is 3. The van der Waals surface area contributed by atoms with Crippen LogP contribution in [0.25, 0.3) is 10.1 Å². The first-order chi connectivity index (χ1) is 10.1. The van der Waals surface area contributed by atoms with Crippen LogP contribution in [0.4, 0.5) is 5.69 Å². The van der Waals surface area contributed by atoms with Crippen molar-refractivity contribution >= 4 is 33.0 Å². The first-order valence-corrected chi connectivity index (χ1v) is 7.38. The van der Waals surface area contributed by atoms with Crippen molar-refractivity contribution in [3.8, 4) is 0 Å². The lowest BCUT2D eigenvalue weighted by atomic mass is 10.2. The lowest BCUT2D eigenvalue weighted by Gasteiger charge is -2.16. The molecule has 0 atom stereocenters. The molecule has 0 radical (unpaired) electrons. The van der Waals surface area contributed by atoms with E-state index in [1.54, 1.807) is 17.3 Å². The van der Waals surface area contributed by atoms with Gasteiger partial charge in [0.1, 0.15) is 0 Å². The standard InChI is InChI=1S/C16H15N3OS/c1-19(10-11-4-6-18-7-5-11)16(20)15-9-12-8-13(17)2-3-14(12)21-15/h2-9H,10,17H2,1H3. The SMILES string of the molecule is CN(Cc1ccncc1)C(=O)c1cc2cc(N)ccc2s1. The Morgan fingerprint density at radius 1 is 1.24 bits per heavy atom. The van der Waals surface area contributed by atoms with Crippen molar-refractivity contribution in [1.29, 1.82) is 0 Å². The largest absolute Gasteiger partial charge is 0.399 e. The van der Waals surface area contributed by atoms with E-state index in [2.05, 4.69) is 4.98 Å². The summed E-state index contributed by atoms with van der Waals surface area (Å²) in [6.45, 7) is 0.567. The molecule has 0 fully saturated rings. The summed E-state index contributed by atoms with van der Waals surface area (Å²) in [5.41, 5.74) is 7.55. The second kappa shape index (κ2) is 5.54. The van der Waals surface area contributed by atoms with Crippen LogP contribution in [0, 0.1) is 0 Å². The van der Waals surface area contributed by atoms with E-state index < -0.39 is 0 Å². The number of fused-ring (bicyclic) bond motifs is 1. The molecule has 3 rings (SSSR count). The maximum Gasteiger partial charge on any atom is 0.264 e. The average Bonchev–Trinajstić information content (AvgIpc) is 2.90. The molecule has 0 unspecified atom stereocenters. The zero-order chi connectivity index (χ0) is 14.8. The van der Waals surface area contributed by atoms with Gasteiger partial charge < -0.3 is 10.6 Å². The Balaban J connectivity index is 1.82. The van der Waals surface area contributed by atoms with E-state index in [-0.39, 0.29) is 5.91 Å². The topological polar surface area (TPSA) is 59.2 Å². The van der Waals surface area contributed by atoms with Crippen molar-refractivity contribution in [3.05, 3.63) is 59.2 Å². The lowest BCUT2D eigenvalue weighted by molar-refractivity contribution is 0.0790. The number of carbonyl (C=O) groups is 1. The van der Waals surface area contributed by atoms with Crippen LogP contribution in [0.2, 0.25) is 0 Å². The number of carbonyl (C=O) groups excluding carboxylic acids is 1. The summed E-state index contributed by atoms with van der Waals surface area (Å²) in [5.74, 6) is 0.0200. The van der Waals surface area contributed by atoms with E-state index in [4.69, 9.17) is 5.73 Å². The summed E-state index contributed by atoms with van der Waals surface area (Å²) in [4.78, 5) is 18.9. The number of anilines is 1. The number of amides is 1. The molecule has 3 aromatic rings. The van der Waals surface area contributed by atoms with Crippen LogP contribution in [0.15, 0.2) is 48.8 Å². The Labute approximate surface area is 126 Å². The van der Waals surface area contributed by atoms with Gasteiger partial charge in [0.2, 0.25) is 0 Å². The summed E-state index contributed by atoms with van der Waals surface area (Å²) < 4.78 is 1.07. The monoisotopic (exact) mass is 297 g/mol. The van der Waals surface area contributed by atoms with E-state index in [0.717, 1.165) is 20.5 Å². The minimum absolute atomic E-state index is 0.0200. The molecule has 0 spiro atoms. The third-order valence-electron chi connectivity index (χ3n) is 3.27. The normalized spacial score (nSPS) is 10.7. The minimum atomic E-state index is 0.0200. The quantitative estimate of drug-likeness (QED) is 0.755. The zero-order valence-corrected chi connectivity index (χ0v) is 12.4. The van der Waals surface area contributed by atoms with Gasteiger partial charge in [-0.05, 0) is 47.3 Å². The summed E-state index contributed by atoms with van der Waals surface area (Å²) in [6.07, 6.45) is 3.46. The van der Waals surface area contributed by atoms with E-state index in [1.807, 2.05) is 43.4 Å². The molecule has 0 aliphatic heterocycles. The van der Waals surface area contributed by atoms with E-state index in [1.165, 1.54) is 11.3 Å². The second-order valence-electron chi connectivity index (χ2n) is 4.92. The number of hydrogen-bond donors (Lipinski definition) is 1. The molecule has 1 aromatic carbocycles. The second-order valence-corrected chi connectivity index (χ2v) is 6.01. The predicted molar refractivity (Wildman–Crippen MR) is 86.3 cm³/mol. The molecule has 0 saturated heterocycles. The highest BCUT2D eigenvalue weighted by atomic mass is 32.1. The van der Waals surface area contributed by atoms with Gasteiger partial charge in [-0.1, -0.05) is 0 Å². The van der Waals surface area contributed by atoms with E-state index in [9.17, 15) is 4.79 Å². The van der Waals surface area contributed by atoms with Crippen molar-refractivity contribution < 1.29 is 4.79 Å². The first-order valence-electron chi connectivity index (χ1n) is 6.57. The number of benzene rings is 1. The number of pyridine rings is 1. The van der Waals surface area contributed by atoms with Gasteiger partial charge in [-0.3, -0.25) is 9.78 Å². The Kier molecular flexibility index (Phi) is 3.58. The molecule has 21 heavy (non-hydrogen) atoms. The maximum atomic E-state index is 12.5. The van der Waals surface area contributed by atoms with Crippen LogP contribution in [0.1, 0.15) is 15.2 Å². The Morgan fingerprint density at radius 3 is 2.76 bits per heavy atom. The first kappa shape index (κ1) is 13.6. The van der Waals surface area contributed by atoms with Crippen molar-refractivity contribution in [2.75, 3.05) is 12.8 Å². The van der Waals surface area contributed by atoms with Gasteiger partial charge in [0, 0.05) is 36.4 Å². The smallest absolute Gasteiger partial charge is 0.264 e. The summed E-state index contributed by atoms with van der Waals surface area (Å²) in [5, 5.41) is 1.01. The number of nitrogens with zero attached hydrogens (tertiary/aromatic N) is 2. The van der Waals surface area contributed by atoms with Crippen LogP contribution in [-0.4, -0.2) is 22.8 Å². The fourth-order valence-electron chi connectivity index (χ4n) is 2.19. The highest BCUT2D eigenvalue weighted by Crippen LogP contribution is 2.28. The van der Waals surface area contributed by atoms with E-state index in [0.29, 0.717) is 12.2 Å². The fraction of sp³-hybridized carbons (Fsp3) is 0.125. The van der Waals surface area contributed by atoms with Gasteiger partial charge in [0.05, 0.1) is 4.88 Å². The predicted octanol–water partition coefficient (Wildman–Crippen LogP) is 3.15. The van der Waals surface area contributed by atoms with Gasteiger partial charge >= 0.3 is 0 Å². The molecule has 2 heterocycles. The minimum Gasteiger partial charge on any atom is -0.399 e. The molecule has 106 valence electrons. The zero-order valence-electron chi connectivity index (χ0n) is 11.6. The number of aromatic nitrogens is 1. The van der Waals surface area contributed by atoms with Gasteiger partial charge in [0.25, 0.3) is 5.91 Å². The van der Waals surface area contributed by atoms with Crippen molar-refractivity contribution in [2.24, 2.45) is 0 Å². The van der Waals surface area contributed by atoms with Crippen LogP contribution < -0.4 is 5.73 Å². The third-order valence-corrected chi connectivity index (χ3v) is 4.37. The van der Waals surface area contributed by atoms with Gasteiger partial charge in [0.15, 0.2) is 0 Å². The average molecular weight is 297 g/mol. The number of thiophene rings is 1. The third kappa shape index (κ3) is 2.87. The molecule has 1 amide bonds. The molecular weight excluding hydrogens is 282 g/mol. The molecule has 5 heteroatoms. The number of nitrogen functional groups attached to an aromatic ring is 1. The van der Waals surface area contributed by atoms with Gasteiger partial charge in [-0.2, -0.15) is 0 Å². The Hall–Kier alpha value is -2.40. The van der Waals surface area contributed by atoms with Crippen molar-refractivity contribution in [1.82, 2.24) is 9.88 Å². The Bertz CT molecular complexity index is 783. The van der Waals surface area contributed by atoms with Crippen molar-refractivity contribution in [2.45, 2.75) is 6.54 Å². The van der Waals surface area contributed by atoms with Crippen molar-refractivity contribution in [3.63, 3.8) is 0 Å². The molecule has 4 nitrogen and oxygen atoms in total. The summed E-state index contributed by atoms with van der Waals surface area (Å²) in [7, 11) is 1.81. The molecule has 0 bridgehead atoms. The summed E-state index contributed by atoms with van der Waals surface area (Å²) >= 11 is 1.49.